The Morgan fingerprint density at radius 1 is 1.25 bits per heavy atom. The second-order valence-corrected chi connectivity index (χ2v) is 8.64. The molecule has 0 aromatic rings. The van der Waals surface area contributed by atoms with Crippen LogP contribution in [0.1, 0.15) is 59.3 Å². The predicted octanol–water partition coefficient (Wildman–Crippen LogP) is 3.76. The lowest BCUT2D eigenvalue weighted by Crippen LogP contribution is -2.49. The lowest BCUT2D eigenvalue weighted by molar-refractivity contribution is 0.102. The fraction of sp³-hybridized carbons (Fsp3) is 1.00. The molecule has 1 saturated carbocycles. The summed E-state index contributed by atoms with van der Waals surface area (Å²) in [6.07, 6.45) is 8.55. The monoisotopic (exact) mass is 298 g/mol. The van der Waals surface area contributed by atoms with Gasteiger partial charge in [0.15, 0.2) is 0 Å². The van der Waals surface area contributed by atoms with Gasteiger partial charge in [0, 0.05) is 43.2 Å². The van der Waals surface area contributed by atoms with E-state index in [2.05, 4.69) is 42.7 Å². The van der Waals surface area contributed by atoms with Crippen LogP contribution < -0.4 is 5.32 Å². The summed E-state index contributed by atoms with van der Waals surface area (Å²) in [4.78, 5) is 2.78. The molecule has 0 spiro atoms. The van der Waals surface area contributed by atoms with Crippen LogP contribution in [0.4, 0.5) is 0 Å². The average Bonchev–Trinajstić information content (AvgIpc) is 2.46. The van der Waals surface area contributed by atoms with Gasteiger partial charge in [-0.25, -0.2) is 0 Å². The predicted molar refractivity (Wildman–Crippen MR) is 91.6 cm³/mol. The van der Waals surface area contributed by atoms with E-state index in [0.717, 1.165) is 5.25 Å². The van der Waals surface area contributed by atoms with Gasteiger partial charge in [-0.3, -0.25) is 0 Å². The molecule has 2 nitrogen and oxygen atoms in total. The Hall–Kier alpha value is 0.270. The summed E-state index contributed by atoms with van der Waals surface area (Å²) in [6, 6.07) is 0.620. The van der Waals surface area contributed by atoms with Crippen molar-refractivity contribution in [3.8, 4) is 0 Å². The fourth-order valence-corrected chi connectivity index (χ4v) is 5.01. The molecule has 0 bridgehead atoms. The Bertz CT molecular complexity index is 274. The molecule has 1 unspecified atom stereocenters. The van der Waals surface area contributed by atoms with Crippen LogP contribution in [0.15, 0.2) is 0 Å². The molecule has 0 radical (unpaired) electrons. The van der Waals surface area contributed by atoms with Gasteiger partial charge in [0.1, 0.15) is 0 Å². The van der Waals surface area contributed by atoms with Crippen LogP contribution in [0.3, 0.4) is 0 Å². The highest BCUT2D eigenvalue weighted by Crippen LogP contribution is 2.37. The number of rotatable bonds is 6. The molecule has 3 heteroatoms. The van der Waals surface area contributed by atoms with Crippen LogP contribution in [0.25, 0.3) is 0 Å². The van der Waals surface area contributed by atoms with E-state index >= 15 is 0 Å². The van der Waals surface area contributed by atoms with Gasteiger partial charge in [0.2, 0.25) is 0 Å². The summed E-state index contributed by atoms with van der Waals surface area (Å²) in [5, 5.41) is 4.62. The van der Waals surface area contributed by atoms with E-state index in [1.54, 1.807) is 0 Å². The number of hydrogen-bond acceptors (Lipinski definition) is 3. The first-order valence-corrected chi connectivity index (χ1v) is 9.76. The van der Waals surface area contributed by atoms with E-state index in [1.807, 2.05) is 0 Å². The van der Waals surface area contributed by atoms with Crippen molar-refractivity contribution >= 4 is 11.8 Å². The van der Waals surface area contributed by atoms with Gasteiger partial charge in [-0.15, -0.1) is 0 Å². The van der Waals surface area contributed by atoms with Gasteiger partial charge in [-0.2, -0.15) is 11.8 Å². The maximum absolute atomic E-state index is 3.74. The van der Waals surface area contributed by atoms with Crippen molar-refractivity contribution in [3.63, 3.8) is 0 Å². The van der Waals surface area contributed by atoms with E-state index in [0.29, 0.717) is 11.5 Å². The van der Waals surface area contributed by atoms with Crippen LogP contribution in [0.5, 0.6) is 0 Å². The summed E-state index contributed by atoms with van der Waals surface area (Å²) in [5.41, 5.74) is 0.558. The molecule has 0 aromatic carbocycles. The molecule has 0 aromatic heterocycles. The minimum Gasteiger partial charge on any atom is -0.314 e. The topological polar surface area (TPSA) is 15.3 Å². The minimum atomic E-state index is 0.558. The van der Waals surface area contributed by atoms with Gasteiger partial charge in [0.05, 0.1) is 0 Å². The van der Waals surface area contributed by atoms with Crippen LogP contribution in [0, 0.1) is 5.41 Å². The van der Waals surface area contributed by atoms with Crippen molar-refractivity contribution in [2.24, 2.45) is 5.41 Å². The third-order valence-corrected chi connectivity index (χ3v) is 6.41. The van der Waals surface area contributed by atoms with Crippen molar-refractivity contribution in [1.82, 2.24) is 10.2 Å². The molecule has 1 atom stereocenters. The lowest BCUT2D eigenvalue weighted by Gasteiger charge is -2.44. The van der Waals surface area contributed by atoms with E-state index in [9.17, 15) is 0 Å². The molecule has 1 N–H and O–H groups in total. The van der Waals surface area contributed by atoms with Crippen LogP contribution in [-0.4, -0.2) is 48.1 Å². The molecule has 0 amide bonds. The molecule has 2 fully saturated rings. The Balaban J connectivity index is 1.92. The van der Waals surface area contributed by atoms with E-state index in [1.165, 1.54) is 70.5 Å². The molecule has 118 valence electrons. The normalized spacial score (nSPS) is 27.9. The molecule has 1 saturated heterocycles. The Labute approximate surface area is 130 Å². The second-order valence-electron chi connectivity index (χ2n) is 7.23. The minimum absolute atomic E-state index is 0.558. The maximum atomic E-state index is 3.74. The summed E-state index contributed by atoms with van der Waals surface area (Å²) < 4.78 is 0. The van der Waals surface area contributed by atoms with Crippen molar-refractivity contribution < 1.29 is 0 Å². The van der Waals surface area contributed by atoms with Crippen LogP contribution >= 0.6 is 11.8 Å². The number of hydrogen-bond donors (Lipinski definition) is 1. The lowest BCUT2D eigenvalue weighted by atomic mass is 9.73. The first-order chi connectivity index (χ1) is 9.63. The quantitative estimate of drug-likeness (QED) is 0.804. The highest BCUT2D eigenvalue weighted by atomic mass is 32.2. The highest BCUT2D eigenvalue weighted by molar-refractivity contribution is 8.00. The Morgan fingerprint density at radius 2 is 2.00 bits per heavy atom. The summed E-state index contributed by atoms with van der Waals surface area (Å²) in [7, 11) is 0. The second kappa shape index (κ2) is 8.05. The van der Waals surface area contributed by atoms with Crippen LogP contribution in [-0.2, 0) is 0 Å². The molecule has 1 aliphatic carbocycles. The van der Waals surface area contributed by atoms with Crippen molar-refractivity contribution in [2.45, 2.75) is 70.6 Å². The van der Waals surface area contributed by atoms with Crippen LogP contribution in [0.2, 0.25) is 0 Å². The summed E-state index contributed by atoms with van der Waals surface area (Å²) >= 11 is 2.19. The molecule has 2 aliphatic rings. The Morgan fingerprint density at radius 3 is 2.65 bits per heavy atom. The summed E-state index contributed by atoms with van der Waals surface area (Å²) in [5.74, 6) is 1.34. The van der Waals surface area contributed by atoms with Crippen molar-refractivity contribution in [3.05, 3.63) is 0 Å². The average molecular weight is 299 g/mol. The van der Waals surface area contributed by atoms with Gasteiger partial charge < -0.3 is 10.2 Å². The molecule has 1 aliphatic heterocycles. The molecule has 1 heterocycles. The first-order valence-electron chi connectivity index (χ1n) is 8.71. The Kier molecular flexibility index (Phi) is 6.70. The number of nitrogens with zero attached hydrogens (tertiary/aromatic N) is 1. The van der Waals surface area contributed by atoms with E-state index < -0.39 is 0 Å². The zero-order valence-corrected chi connectivity index (χ0v) is 14.6. The third-order valence-electron chi connectivity index (χ3n) is 5.04. The van der Waals surface area contributed by atoms with Gasteiger partial charge >= 0.3 is 0 Å². The molecule has 2 rings (SSSR count). The third kappa shape index (κ3) is 4.92. The smallest absolute Gasteiger partial charge is 0.0172 e. The standard InChI is InChI=1S/C17H34N2S/c1-4-16-12-19(10-11-20-16)14-17(13-18-15(2)3)8-6-5-7-9-17/h15-16,18H,4-14H2,1-3H3. The van der Waals surface area contributed by atoms with Gasteiger partial charge in [0.25, 0.3) is 0 Å². The molecular formula is C17H34N2S. The highest BCUT2D eigenvalue weighted by Gasteiger charge is 2.35. The SMILES string of the molecule is CCC1CN(CC2(CNC(C)C)CCCCC2)CCS1. The number of thioether (sulfide) groups is 1. The van der Waals surface area contributed by atoms with Gasteiger partial charge in [-0.1, -0.05) is 40.0 Å². The fourth-order valence-electron chi connectivity index (χ4n) is 3.76. The maximum Gasteiger partial charge on any atom is 0.0172 e. The first kappa shape index (κ1) is 16.6. The van der Waals surface area contributed by atoms with Gasteiger partial charge in [-0.05, 0) is 24.7 Å². The number of nitrogens with one attached hydrogen (secondary N) is 1. The largest absolute Gasteiger partial charge is 0.314 e. The zero-order chi connectivity index (χ0) is 14.4. The van der Waals surface area contributed by atoms with Crippen molar-refractivity contribution in [1.29, 1.82) is 0 Å². The summed E-state index contributed by atoms with van der Waals surface area (Å²) in [6.45, 7) is 12.1. The molecular weight excluding hydrogens is 264 g/mol. The van der Waals surface area contributed by atoms with Crippen molar-refractivity contribution in [2.75, 3.05) is 31.9 Å². The zero-order valence-electron chi connectivity index (χ0n) is 13.8. The van der Waals surface area contributed by atoms with E-state index in [-0.39, 0.29) is 0 Å². The molecule has 20 heavy (non-hydrogen) atoms. The van der Waals surface area contributed by atoms with E-state index in [4.69, 9.17) is 0 Å².